The van der Waals surface area contributed by atoms with Gasteiger partial charge in [-0.1, -0.05) is 12.1 Å². The zero-order valence-electron chi connectivity index (χ0n) is 10.8. The second kappa shape index (κ2) is 5.48. The van der Waals surface area contributed by atoms with Crippen LogP contribution in [0.3, 0.4) is 0 Å². The second-order valence-electron chi connectivity index (χ2n) is 4.23. The molecule has 1 heterocycles. The first kappa shape index (κ1) is 13.0. The van der Waals surface area contributed by atoms with Crippen LogP contribution in [0.5, 0.6) is 5.75 Å². The molecule has 0 aliphatic heterocycles. The van der Waals surface area contributed by atoms with Gasteiger partial charge in [0.05, 0.1) is 5.69 Å². The number of nitrogens with zero attached hydrogens (tertiary/aromatic N) is 2. The van der Waals surface area contributed by atoms with Crippen molar-refractivity contribution < 1.29 is 14.6 Å². The van der Waals surface area contributed by atoms with Gasteiger partial charge < -0.3 is 9.84 Å². The molecule has 2 aromatic rings. The average Bonchev–Trinajstić information content (AvgIpc) is 2.36. The summed E-state index contributed by atoms with van der Waals surface area (Å²) in [6.45, 7) is 3.92. The Morgan fingerprint density at radius 3 is 2.74 bits per heavy atom. The van der Waals surface area contributed by atoms with E-state index in [0.717, 1.165) is 11.3 Å². The molecule has 0 radical (unpaired) electrons. The number of carboxylic acids is 1. The van der Waals surface area contributed by atoms with Crippen LogP contribution in [0.4, 0.5) is 0 Å². The highest BCUT2D eigenvalue weighted by Crippen LogP contribution is 2.14. The molecule has 0 amide bonds. The summed E-state index contributed by atoms with van der Waals surface area (Å²) in [5, 5.41) is 8.89. The molecule has 1 aromatic heterocycles. The molecule has 0 aliphatic rings. The summed E-state index contributed by atoms with van der Waals surface area (Å²) in [5.41, 5.74) is 2.25. The second-order valence-corrected chi connectivity index (χ2v) is 4.23. The first-order valence-corrected chi connectivity index (χ1v) is 5.82. The SMILES string of the molecule is Cc1cccc(OCc2cc(C)nc(C(=O)O)n2)c1. The van der Waals surface area contributed by atoms with Crippen molar-refractivity contribution in [2.45, 2.75) is 20.5 Å². The molecule has 0 unspecified atom stereocenters. The van der Waals surface area contributed by atoms with E-state index in [1.54, 1.807) is 13.0 Å². The van der Waals surface area contributed by atoms with Crippen LogP contribution in [0.2, 0.25) is 0 Å². The number of rotatable bonds is 4. The third kappa shape index (κ3) is 3.51. The minimum atomic E-state index is -1.14. The molecule has 0 fully saturated rings. The fraction of sp³-hybridized carbons (Fsp3) is 0.214. The quantitative estimate of drug-likeness (QED) is 0.911. The van der Waals surface area contributed by atoms with Gasteiger partial charge in [0.25, 0.3) is 0 Å². The van der Waals surface area contributed by atoms with Crippen molar-refractivity contribution in [3.05, 3.63) is 53.1 Å². The van der Waals surface area contributed by atoms with Gasteiger partial charge in [-0.25, -0.2) is 14.8 Å². The highest BCUT2D eigenvalue weighted by Gasteiger charge is 2.09. The molecule has 1 N–H and O–H groups in total. The lowest BCUT2D eigenvalue weighted by Crippen LogP contribution is -2.09. The minimum Gasteiger partial charge on any atom is -0.487 e. The van der Waals surface area contributed by atoms with Crippen molar-refractivity contribution in [1.29, 1.82) is 0 Å². The topological polar surface area (TPSA) is 72.3 Å². The van der Waals surface area contributed by atoms with Gasteiger partial charge in [-0.05, 0) is 37.6 Å². The smallest absolute Gasteiger partial charge is 0.373 e. The Bertz CT molecular complexity index is 611. The number of carbonyl (C=O) groups is 1. The van der Waals surface area contributed by atoms with Gasteiger partial charge in [0.15, 0.2) is 0 Å². The van der Waals surface area contributed by atoms with E-state index in [1.165, 1.54) is 0 Å². The molecule has 0 saturated heterocycles. The highest BCUT2D eigenvalue weighted by molar-refractivity contribution is 5.83. The number of aryl methyl sites for hydroxylation is 2. The predicted octanol–water partition coefficient (Wildman–Crippen LogP) is 2.37. The number of carboxylic acid groups (broad SMARTS) is 1. The molecule has 0 atom stereocenters. The Balaban J connectivity index is 2.13. The maximum atomic E-state index is 10.9. The summed E-state index contributed by atoms with van der Waals surface area (Å²) < 4.78 is 5.58. The molecular weight excluding hydrogens is 244 g/mol. The number of hydrogen-bond donors (Lipinski definition) is 1. The molecule has 0 spiro atoms. The van der Waals surface area contributed by atoms with Gasteiger partial charge in [0.2, 0.25) is 5.82 Å². The van der Waals surface area contributed by atoms with E-state index >= 15 is 0 Å². The largest absolute Gasteiger partial charge is 0.487 e. The van der Waals surface area contributed by atoms with E-state index in [-0.39, 0.29) is 12.4 Å². The van der Waals surface area contributed by atoms with Crippen molar-refractivity contribution in [2.75, 3.05) is 0 Å². The molecule has 0 saturated carbocycles. The van der Waals surface area contributed by atoms with Gasteiger partial charge in [0, 0.05) is 5.69 Å². The molecule has 19 heavy (non-hydrogen) atoms. The van der Waals surface area contributed by atoms with Gasteiger partial charge in [0.1, 0.15) is 12.4 Å². The van der Waals surface area contributed by atoms with Crippen molar-refractivity contribution in [2.24, 2.45) is 0 Å². The summed E-state index contributed by atoms with van der Waals surface area (Å²) in [6, 6.07) is 9.34. The molecule has 5 nitrogen and oxygen atoms in total. The van der Waals surface area contributed by atoms with Crippen LogP contribution >= 0.6 is 0 Å². The first-order valence-electron chi connectivity index (χ1n) is 5.82. The zero-order chi connectivity index (χ0) is 13.8. The zero-order valence-corrected chi connectivity index (χ0v) is 10.8. The maximum Gasteiger partial charge on any atom is 0.373 e. The van der Waals surface area contributed by atoms with Crippen LogP contribution < -0.4 is 4.74 Å². The standard InChI is InChI=1S/C14H14N2O3/c1-9-4-3-5-12(6-9)19-8-11-7-10(2)15-13(16-11)14(17)18/h3-7H,8H2,1-2H3,(H,17,18). The van der Waals surface area contributed by atoms with Gasteiger partial charge in [-0.15, -0.1) is 0 Å². The fourth-order valence-corrected chi connectivity index (χ4v) is 1.67. The molecule has 1 aromatic carbocycles. The number of hydrogen-bond acceptors (Lipinski definition) is 4. The molecule has 0 aliphatic carbocycles. The van der Waals surface area contributed by atoms with E-state index in [2.05, 4.69) is 9.97 Å². The van der Waals surface area contributed by atoms with Crippen LogP contribution in [-0.2, 0) is 6.61 Å². The van der Waals surface area contributed by atoms with Gasteiger partial charge in [-0.2, -0.15) is 0 Å². The van der Waals surface area contributed by atoms with E-state index in [9.17, 15) is 4.79 Å². The monoisotopic (exact) mass is 258 g/mol. The number of aromatic carboxylic acids is 1. The number of ether oxygens (including phenoxy) is 1. The normalized spacial score (nSPS) is 10.2. The molecule has 98 valence electrons. The lowest BCUT2D eigenvalue weighted by molar-refractivity contribution is 0.0682. The van der Waals surface area contributed by atoms with E-state index in [1.807, 2.05) is 31.2 Å². The molecule has 0 bridgehead atoms. The van der Waals surface area contributed by atoms with Crippen molar-refractivity contribution in [3.8, 4) is 5.75 Å². The van der Waals surface area contributed by atoms with Crippen LogP contribution in [0, 0.1) is 13.8 Å². The maximum absolute atomic E-state index is 10.9. The lowest BCUT2D eigenvalue weighted by atomic mass is 10.2. The van der Waals surface area contributed by atoms with Crippen LogP contribution in [0.25, 0.3) is 0 Å². The van der Waals surface area contributed by atoms with Gasteiger partial charge >= 0.3 is 5.97 Å². The van der Waals surface area contributed by atoms with Gasteiger partial charge in [-0.3, -0.25) is 0 Å². The Kier molecular flexibility index (Phi) is 3.75. The lowest BCUT2D eigenvalue weighted by Gasteiger charge is -2.07. The van der Waals surface area contributed by atoms with E-state index in [0.29, 0.717) is 11.4 Å². The summed E-state index contributed by atoms with van der Waals surface area (Å²) >= 11 is 0. The molecule has 2 rings (SSSR count). The van der Waals surface area contributed by atoms with Crippen molar-refractivity contribution in [3.63, 3.8) is 0 Å². The molecule has 5 heteroatoms. The van der Waals surface area contributed by atoms with Crippen LogP contribution in [0.15, 0.2) is 30.3 Å². The Hall–Kier alpha value is -2.43. The van der Waals surface area contributed by atoms with E-state index in [4.69, 9.17) is 9.84 Å². The van der Waals surface area contributed by atoms with Crippen LogP contribution in [-0.4, -0.2) is 21.0 Å². The van der Waals surface area contributed by atoms with Crippen molar-refractivity contribution >= 4 is 5.97 Å². The minimum absolute atomic E-state index is 0.206. The Morgan fingerprint density at radius 1 is 1.26 bits per heavy atom. The number of benzene rings is 1. The molecular formula is C14H14N2O3. The average molecular weight is 258 g/mol. The van der Waals surface area contributed by atoms with Crippen molar-refractivity contribution in [1.82, 2.24) is 9.97 Å². The third-order valence-electron chi connectivity index (χ3n) is 2.47. The predicted molar refractivity (Wildman–Crippen MR) is 69.2 cm³/mol. The Morgan fingerprint density at radius 2 is 2.05 bits per heavy atom. The van der Waals surface area contributed by atoms with E-state index < -0.39 is 5.97 Å². The summed E-state index contributed by atoms with van der Waals surface area (Å²) in [7, 11) is 0. The Labute approximate surface area is 110 Å². The summed E-state index contributed by atoms with van der Waals surface area (Å²) in [6.07, 6.45) is 0. The fourth-order valence-electron chi connectivity index (χ4n) is 1.67. The highest BCUT2D eigenvalue weighted by atomic mass is 16.5. The summed E-state index contributed by atoms with van der Waals surface area (Å²) in [5.74, 6) is -0.614. The third-order valence-corrected chi connectivity index (χ3v) is 2.47. The first-order chi connectivity index (χ1) is 9.04. The number of aromatic nitrogens is 2. The van der Waals surface area contributed by atoms with Crippen LogP contribution in [0.1, 0.15) is 27.6 Å². The summed E-state index contributed by atoms with van der Waals surface area (Å²) in [4.78, 5) is 18.6.